The molecular weight excluding hydrogens is 307 g/mol. The maximum atomic E-state index is 3.49. The van der Waals surface area contributed by atoms with Gasteiger partial charge in [0.25, 0.3) is 0 Å². The van der Waals surface area contributed by atoms with Crippen LogP contribution in [0.3, 0.4) is 0 Å². The molecule has 0 spiro atoms. The highest BCUT2D eigenvalue weighted by atomic mass is 35.5. The predicted octanol–water partition coefficient (Wildman–Crippen LogP) is 3.99. The van der Waals surface area contributed by atoms with E-state index in [1.165, 1.54) is 11.5 Å². The lowest BCUT2D eigenvalue weighted by Gasteiger charge is -2.21. The van der Waals surface area contributed by atoms with Gasteiger partial charge in [-0.25, -0.2) is 0 Å². The van der Waals surface area contributed by atoms with Crippen LogP contribution in [0.5, 0.6) is 0 Å². The van der Waals surface area contributed by atoms with Crippen molar-refractivity contribution in [3.8, 4) is 0 Å². The summed E-state index contributed by atoms with van der Waals surface area (Å²) in [6.45, 7) is 15.4. The minimum atomic E-state index is 0. The second-order valence-electron chi connectivity index (χ2n) is 6.00. The maximum absolute atomic E-state index is 3.49. The fourth-order valence-electron chi connectivity index (χ4n) is 1.05. The molecule has 18 heavy (non-hydrogen) atoms. The standard InChI is InChI=1S/C12H28N2S2.2ClH/c1-11(2,3)13-7-9-15-16-10-8-14-12(4,5)6;;/h13-14H,7-10H2,1-6H3;2*1H. The molecule has 0 heterocycles. The topological polar surface area (TPSA) is 24.1 Å². The van der Waals surface area contributed by atoms with E-state index in [2.05, 4.69) is 52.2 Å². The molecule has 6 heteroatoms. The lowest BCUT2D eigenvalue weighted by Crippen LogP contribution is -2.37. The molecule has 0 rings (SSSR count). The summed E-state index contributed by atoms with van der Waals surface area (Å²) < 4.78 is 0. The number of halogens is 2. The molecule has 0 fully saturated rings. The van der Waals surface area contributed by atoms with E-state index in [1.807, 2.05) is 21.6 Å². The molecular formula is C12H30Cl2N2S2. The first-order valence-electron chi connectivity index (χ1n) is 5.95. The Balaban J connectivity index is -0.00000112. The van der Waals surface area contributed by atoms with E-state index < -0.39 is 0 Å². The van der Waals surface area contributed by atoms with Crippen LogP contribution in [0.1, 0.15) is 41.5 Å². The molecule has 0 aliphatic rings. The second kappa shape index (κ2) is 12.0. The lowest BCUT2D eigenvalue weighted by atomic mass is 10.1. The number of nitrogens with one attached hydrogen (secondary N) is 2. The first-order valence-corrected chi connectivity index (χ1v) is 8.44. The molecule has 0 radical (unpaired) electrons. The quantitative estimate of drug-likeness (QED) is 0.542. The van der Waals surface area contributed by atoms with Gasteiger partial charge in [-0.15, -0.1) is 24.8 Å². The molecule has 0 aliphatic heterocycles. The number of rotatable bonds is 7. The lowest BCUT2D eigenvalue weighted by molar-refractivity contribution is 0.440. The van der Waals surface area contributed by atoms with Gasteiger partial charge in [0.15, 0.2) is 0 Å². The van der Waals surface area contributed by atoms with Gasteiger partial charge < -0.3 is 10.6 Å². The average Bonchev–Trinajstić information content (AvgIpc) is 2.06. The van der Waals surface area contributed by atoms with Crippen molar-refractivity contribution in [3.05, 3.63) is 0 Å². The minimum absolute atomic E-state index is 0. The van der Waals surface area contributed by atoms with Gasteiger partial charge in [-0.1, -0.05) is 21.6 Å². The van der Waals surface area contributed by atoms with Crippen molar-refractivity contribution in [3.63, 3.8) is 0 Å². The highest BCUT2D eigenvalue weighted by molar-refractivity contribution is 8.76. The Hall–Kier alpha value is 1.20. The normalized spacial score (nSPS) is 11.7. The maximum Gasteiger partial charge on any atom is 0.0163 e. The Morgan fingerprint density at radius 2 is 0.944 bits per heavy atom. The SMILES string of the molecule is CC(C)(C)NCCSSCCNC(C)(C)C.Cl.Cl. The molecule has 0 saturated carbocycles. The van der Waals surface area contributed by atoms with Crippen molar-refractivity contribution in [2.24, 2.45) is 0 Å². The van der Waals surface area contributed by atoms with E-state index in [0.29, 0.717) is 0 Å². The van der Waals surface area contributed by atoms with Gasteiger partial charge in [0.1, 0.15) is 0 Å². The minimum Gasteiger partial charge on any atom is -0.311 e. The third-order valence-corrected chi connectivity index (χ3v) is 4.17. The van der Waals surface area contributed by atoms with Crippen molar-refractivity contribution in [2.45, 2.75) is 52.6 Å². The van der Waals surface area contributed by atoms with E-state index in [4.69, 9.17) is 0 Å². The monoisotopic (exact) mass is 336 g/mol. The summed E-state index contributed by atoms with van der Waals surface area (Å²) in [5.74, 6) is 2.36. The Labute approximate surface area is 134 Å². The highest BCUT2D eigenvalue weighted by Gasteiger charge is 2.08. The summed E-state index contributed by atoms with van der Waals surface area (Å²) in [5, 5.41) is 6.97. The zero-order chi connectivity index (χ0) is 12.7. The van der Waals surface area contributed by atoms with Crippen LogP contribution in [-0.4, -0.2) is 35.7 Å². The molecule has 0 atom stereocenters. The Morgan fingerprint density at radius 3 is 1.17 bits per heavy atom. The summed E-state index contributed by atoms with van der Waals surface area (Å²) in [6, 6.07) is 0. The van der Waals surface area contributed by atoms with Gasteiger partial charge in [0.2, 0.25) is 0 Å². The number of hydrogen-bond donors (Lipinski definition) is 2. The van der Waals surface area contributed by atoms with Gasteiger partial charge in [0.05, 0.1) is 0 Å². The van der Waals surface area contributed by atoms with Crippen molar-refractivity contribution < 1.29 is 0 Å². The van der Waals surface area contributed by atoms with Gasteiger partial charge in [0, 0.05) is 35.7 Å². The summed E-state index contributed by atoms with van der Waals surface area (Å²) in [4.78, 5) is 0. The van der Waals surface area contributed by atoms with Crippen LogP contribution >= 0.6 is 46.4 Å². The molecule has 0 aromatic carbocycles. The Morgan fingerprint density at radius 1 is 0.667 bits per heavy atom. The smallest absolute Gasteiger partial charge is 0.0163 e. The van der Waals surface area contributed by atoms with E-state index in [-0.39, 0.29) is 35.9 Å². The van der Waals surface area contributed by atoms with E-state index in [9.17, 15) is 0 Å². The largest absolute Gasteiger partial charge is 0.311 e. The van der Waals surface area contributed by atoms with E-state index in [1.54, 1.807) is 0 Å². The van der Waals surface area contributed by atoms with Crippen molar-refractivity contribution in [1.29, 1.82) is 0 Å². The second-order valence-corrected chi connectivity index (χ2v) is 8.70. The highest BCUT2D eigenvalue weighted by Crippen LogP contribution is 2.19. The van der Waals surface area contributed by atoms with Crippen molar-refractivity contribution in [1.82, 2.24) is 10.6 Å². The summed E-state index contributed by atoms with van der Waals surface area (Å²) >= 11 is 0. The third kappa shape index (κ3) is 22.4. The molecule has 2 N–H and O–H groups in total. The molecule has 0 aromatic heterocycles. The van der Waals surface area contributed by atoms with E-state index >= 15 is 0 Å². The van der Waals surface area contributed by atoms with E-state index in [0.717, 1.165) is 13.1 Å². The first kappa shape index (κ1) is 24.2. The van der Waals surface area contributed by atoms with Gasteiger partial charge in [-0.05, 0) is 41.5 Å². The molecule has 0 aliphatic carbocycles. The molecule has 0 saturated heterocycles. The molecule has 0 amide bonds. The van der Waals surface area contributed by atoms with Crippen molar-refractivity contribution in [2.75, 3.05) is 24.6 Å². The molecule has 0 aromatic rings. The summed E-state index contributed by atoms with van der Waals surface area (Å²) in [7, 11) is 3.92. The van der Waals surface area contributed by atoms with Gasteiger partial charge in [-0.2, -0.15) is 0 Å². The molecule has 2 nitrogen and oxygen atoms in total. The first-order chi connectivity index (χ1) is 7.21. The fourth-order valence-corrected chi connectivity index (χ4v) is 2.87. The number of hydrogen-bond acceptors (Lipinski definition) is 4. The zero-order valence-electron chi connectivity index (χ0n) is 12.5. The van der Waals surface area contributed by atoms with Crippen molar-refractivity contribution >= 4 is 46.4 Å². The van der Waals surface area contributed by atoms with Crippen LogP contribution in [0, 0.1) is 0 Å². The van der Waals surface area contributed by atoms with Crippen LogP contribution in [0.15, 0.2) is 0 Å². The average molecular weight is 337 g/mol. The van der Waals surface area contributed by atoms with Gasteiger partial charge in [-0.3, -0.25) is 0 Å². The van der Waals surface area contributed by atoms with Gasteiger partial charge >= 0.3 is 0 Å². The van der Waals surface area contributed by atoms with Crippen LogP contribution in [0.4, 0.5) is 0 Å². The zero-order valence-corrected chi connectivity index (χ0v) is 15.7. The molecule has 114 valence electrons. The van der Waals surface area contributed by atoms with Crippen LogP contribution in [0.25, 0.3) is 0 Å². The third-order valence-electron chi connectivity index (χ3n) is 1.76. The fraction of sp³-hybridized carbons (Fsp3) is 1.00. The van der Waals surface area contributed by atoms with Crippen LogP contribution in [0.2, 0.25) is 0 Å². The molecule has 0 unspecified atom stereocenters. The predicted molar refractivity (Wildman–Crippen MR) is 94.9 cm³/mol. The Bertz CT molecular complexity index is 160. The van der Waals surface area contributed by atoms with Crippen LogP contribution < -0.4 is 10.6 Å². The molecule has 0 bridgehead atoms. The van der Waals surface area contributed by atoms with Crippen LogP contribution in [-0.2, 0) is 0 Å². The summed E-state index contributed by atoms with van der Waals surface area (Å²) in [6.07, 6.45) is 0. The Kier molecular flexibility index (Phi) is 16.1. The summed E-state index contributed by atoms with van der Waals surface area (Å²) in [5.41, 5.74) is 0.498.